The maximum absolute atomic E-state index is 11.9. The van der Waals surface area contributed by atoms with Crippen molar-refractivity contribution in [3.8, 4) is 0 Å². The van der Waals surface area contributed by atoms with Crippen molar-refractivity contribution in [2.75, 3.05) is 18.5 Å². The second kappa shape index (κ2) is 8.42. The summed E-state index contributed by atoms with van der Waals surface area (Å²) in [5.74, 6) is 0.560. The summed E-state index contributed by atoms with van der Waals surface area (Å²) < 4.78 is 25.3. The Kier molecular flexibility index (Phi) is 6.36. The van der Waals surface area contributed by atoms with Crippen LogP contribution in [0, 0.1) is 0 Å². The highest BCUT2D eigenvalue weighted by Gasteiger charge is 2.47. The van der Waals surface area contributed by atoms with Crippen molar-refractivity contribution in [3.05, 3.63) is 12.7 Å². The quantitative estimate of drug-likeness (QED) is 0.552. The van der Waals surface area contributed by atoms with Crippen molar-refractivity contribution >= 4 is 25.0 Å². The van der Waals surface area contributed by atoms with Crippen LogP contribution in [0.5, 0.6) is 0 Å². The van der Waals surface area contributed by atoms with E-state index >= 15 is 0 Å². The molecule has 0 saturated carbocycles. The minimum Gasteiger partial charge on any atom is -0.388 e. The smallest absolute Gasteiger partial charge is 0.191 e. The third-order valence-corrected chi connectivity index (χ3v) is 6.53. The molecule has 2 aromatic rings. The van der Waals surface area contributed by atoms with Gasteiger partial charge in [0.05, 0.1) is 18.0 Å². The second-order valence-corrected chi connectivity index (χ2v) is 8.83. The number of fused-ring (bicyclic) bond motifs is 1. The Hall–Kier alpha value is -1.58. The molecule has 1 aliphatic rings. The molecule has 11 heteroatoms. The van der Waals surface area contributed by atoms with Gasteiger partial charge in [-0.2, -0.15) is 0 Å². The minimum atomic E-state index is -2.15. The number of hydrogen-bond donors (Lipinski definition) is 3. The lowest BCUT2D eigenvalue weighted by Gasteiger charge is -2.31. The number of aromatic nitrogens is 4. The summed E-state index contributed by atoms with van der Waals surface area (Å²) in [6.07, 6.45) is 0.441. The van der Waals surface area contributed by atoms with E-state index in [2.05, 4.69) is 20.3 Å². The zero-order valence-corrected chi connectivity index (χ0v) is 17.5. The molecule has 0 aliphatic carbocycles. The van der Waals surface area contributed by atoms with Gasteiger partial charge in [-0.05, 0) is 13.3 Å². The zero-order chi connectivity index (χ0) is 20.5. The van der Waals surface area contributed by atoms with E-state index in [9.17, 15) is 14.8 Å². The van der Waals surface area contributed by atoms with Crippen LogP contribution in [0.25, 0.3) is 11.2 Å². The summed E-state index contributed by atoms with van der Waals surface area (Å²) in [5.41, 5.74) is 0.314. The van der Waals surface area contributed by atoms with Crippen LogP contribution in [-0.2, 0) is 13.8 Å². The van der Waals surface area contributed by atoms with Gasteiger partial charge in [-0.3, -0.25) is 9.13 Å². The van der Waals surface area contributed by atoms with Crippen molar-refractivity contribution in [1.82, 2.24) is 19.5 Å². The van der Waals surface area contributed by atoms with Gasteiger partial charge >= 0.3 is 0 Å². The van der Waals surface area contributed by atoms with Gasteiger partial charge < -0.3 is 24.8 Å². The van der Waals surface area contributed by atoms with Crippen LogP contribution in [0.1, 0.15) is 39.8 Å². The number of rotatable bonds is 8. The standard InChI is InChI=1S/C17H28N5O5P/c1-5-17(3,27-28(25)6-2)7-10-12(23)13(24)16(26-10)22-9-21-11-14(18-4)19-8-20-15(11)22/h8-10,12-13,16,23-24,28H,5-7H2,1-4H3,(H,18,19,20)/t10?,12-,13-,16+,17?/m1/s1. The highest BCUT2D eigenvalue weighted by atomic mass is 31.1. The number of anilines is 1. The first-order valence-electron chi connectivity index (χ1n) is 9.42. The van der Waals surface area contributed by atoms with E-state index in [1.54, 1.807) is 11.6 Å². The molecular formula is C17H28N5O5P. The predicted octanol–water partition coefficient (Wildman–Crippen LogP) is 1.56. The van der Waals surface area contributed by atoms with E-state index in [0.717, 1.165) is 0 Å². The lowest BCUT2D eigenvalue weighted by atomic mass is 9.93. The summed E-state index contributed by atoms with van der Waals surface area (Å²) in [6, 6.07) is 0. The Morgan fingerprint density at radius 3 is 2.71 bits per heavy atom. The first-order chi connectivity index (χ1) is 13.3. The van der Waals surface area contributed by atoms with Gasteiger partial charge in [-0.15, -0.1) is 0 Å². The fourth-order valence-electron chi connectivity index (χ4n) is 3.38. The Morgan fingerprint density at radius 2 is 2.07 bits per heavy atom. The summed E-state index contributed by atoms with van der Waals surface area (Å²) in [7, 11) is -0.419. The van der Waals surface area contributed by atoms with Gasteiger partial charge in [-0.1, -0.05) is 13.8 Å². The SMILES string of the molecule is CC[PH](=O)OC(C)(CC)CC1O[C@H](n2cnc3c(NC)ncnc32)[C@H](O)[C@@H]1O. The van der Waals surface area contributed by atoms with Crippen LogP contribution in [-0.4, -0.2) is 66.9 Å². The fraction of sp³-hybridized carbons (Fsp3) is 0.706. The summed E-state index contributed by atoms with van der Waals surface area (Å²) in [6.45, 7) is 5.59. The van der Waals surface area contributed by atoms with Gasteiger partial charge in [0.15, 0.2) is 25.7 Å². The van der Waals surface area contributed by atoms with Crippen LogP contribution in [0.15, 0.2) is 12.7 Å². The number of nitrogens with one attached hydrogen (secondary N) is 1. The van der Waals surface area contributed by atoms with Crippen molar-refractivity contribution < 1.29 is 24.0 Å². The van der Waals surface area contributed by atoms with Crippen LogP contribution in [0.3, 0.4) is 0 Å². The molecule has 28 heavy (non-hydrogen) atoms. The largest absolute Gasteiger partial charge is 0.388 e. The van der Waals surface area contributed by atoms with Crippen LogP contribution in [0.2, 0.25) is 0 Å². The molecule has 6 atom stereocenters. The van der Waals surface area contributed by atoms with E-state index in [1.807, 2.05) is 20.8 Å². The van der Waals surface area contributed by atoms with E-state index in [-0.39, 0.29) is 0 Å². The molecule has 0 aromatic carbocycles. The number of aliphatic hydroxyl groups excluding tert-OH is 2. The maximum atomic E-state index is 11.9. The number of ether oxygens (including phenoxy) is 1. The molecule has 1 aliphatic heterocycles. The molecular weight excluding hydrogens is 385 g/mol. The van der Waals surface area contributed by atoms with Gasteiger partial charge in [0.25, 0.3) is 0 Å². The topological polar surface area (TPSA) is 132 Å². The molecule has 3 rings (SSSR count). The summed E-state index contributed by atoms with van der Waals surface area (Å²) in [5, 5.41) is 24.1. The fourth-order valence-corrected chi connectivity index (χ4v) is 4.30. The molecule has 156 valence electrons. The van der Waals surface area contributed by atoms with E-state index in [1.165, 1.54) is 12.7 Å². The van der Waals surface area contributed by atoms with Gasteiger partial charge in [0.1, 0.15) is 24.1 Å². The van der Waals surface area contributed by atoms with Crippen LogP contribution in [0.4, 0.5) is 5.82 Å². The van der Waals surface area contributed by atoms with Gasteiger partial charge in [0.2, 0.25) is 0 Å². The van der Waals surface area contributed by atoms with Crippen molar-refractivity contribution in [1.29, 1.82) is 0 Å². The van der Waals surface area contributed by atoms with E-state index in [0.29, 0.717) is 36.0 Å². The van der Waals surface area contributed by atoms with Crippen molar-refractivity contribution in [2.45, 2.75) is 63.8 Å². The van der Waals surface area contributed by atoms with Crippen LogP contribution >= 0.6 is 8.03 Å². The Balaban J connectivity index is 1.84. The summed E-state index contributed by atoms with van der Waals surface area (Å²) >= 11 is 0. The van der Waals surface area contributed by atoms with Gasteiger partial charge in [0, 0.05) is 19.6 Å². The Bertz CT molecular complexity index is 848. The highest BCUT2D eigenvalue weighted by Crippen LogP contribution is 2.40. The molecule has 0 spiro atoms. The van der Waals surface area contributed by atoms with Crippen molar-refractivity contribution in [2.24, 2.45) is 0 Å². The minimum absolute atomic E-state index is 0.304. The molecule has 1 saturated heterocycles. The normalized spacial score (nSPS) is 28.4. The van der Waals surface area contributed by atoms with E-state index in [4.69, 9.17) is 9.26 Å². The molecule has 0 amide bonds. The van der Waals surface area contributed by atoms with Crippen LogP contribution < -0.4 is 5.32 Å². The van der Waals surface area contributed by atoms with Crippen molar-refractivity contribution in [3.63, 3.8) is 0 Å². The maximum Gasteiger partial charge on any atom is 0.191 e. The average Bonchev–Trinajstić information content (AvgIpc) is 3.24. The lowest BCUT2D eigenvalue weighted by molar-refractivity contribution is -0.0619. The first-order valence-corrected chi connectivity index (χ1v) is 10.9. The molecule has 10 nitrogen and oxygen atoms in total. The highest BCUT2D eigenvalue weighted by molar-refractivity contribution is 7.39. The number of imidazole rings is 1. The zero-order valence-electron chi connectivity index (χ0n) is 16.5. The average molecular weight is 413 g/mol. The predicted molar refractivity (Wildman–Crippen MR) is 105 cm³/mol. The molecule has 3 unspecified atom stereocenters. The van der Waals surface area contributed by atoms with E-state index < -0.39 is 38.2 Å². The molecule has 2 aromatic heterocycles. The van der Waals surface area contributed by atoms with Gasteiger partial charge in [-0.25, -0.2) is 15.0 Å². The molecule has 1 fully saturated rings. The third kappa shape index (κ3) is 3.92. The molecule has 0 radical (unpaired) electrons. The Labute approximate surface area is 164 Å². The molecule has 3 heterocycles. The number of aliphatic hydroxyl groups is 2. The monoisotopic (exact) mass is 413 g/mol. The summed E-state index contributed by atoms with van der Waals surface area (Å²) in [4.78, 5) is 12.7. The number of hydrogen-bond acceptors (Lipinski definition) is 9. The molecule has 0 bridgehead atoms. The number of nitrogens with zero attached hydrogens (tertiary/aromatic N) is 4. The molecule has 3 N–H and O–H groups in total. The Morgan fingerprint density at radius 1 is 1.32 bits per heavy atom. The second-order valence-electron chi connectivity index (χ2n) is 7.18. The third-order valence-electron chi connectivity index (χ3n) is 5.24. The lowest BCUT2D eigenvalue weighted by Crippen LogP contribution is -2.38. The first kappa shape index (κ1) is 21.1.